The molecule has 0 bridgehead atoms. The number of nitrogens with zero attached hydrogens (tertiary/aromatic N) is 5. The Labute approximate surface area is 193 Å². The first-order valence-electron chi connectivity index (χ1n) is 10.2. The molecule has 0 spiro atoms. The Balaban J connectivity index is 1.61. The molecule has 0 amide bonds. The maximum Gasteiger partial charge on any atom is 0.219 e. The molecule has 3 N–H and O–H groups in total. The van der Waals surface area contributed by atoms with Gasteiger partial charge >= 0.3 is 0 Å². The fourth-order valence-corrected chi connectivity index (χ4v) is 5.21. The topological polar surface area (TPSA) is 110 Å². The molecule has 1 aromatic carbocycles. The lowest BCUT2D eigenvalue weighted by atomic mass is 10.1. The van der Waals surface area contributed by atoms with E-state index in [0.29, 0.717) is 24.6 Å². The lowest BCUT2D eigenvalue weighted by Crippen LogP contribution is -2.36. The summed E-state index contributed by atoms with van der Waals surface area (Å²) in [7, 11) is 0. The first kappa shape index (κ1) is 21.1. The van der Waals surface area contributed by atoms with Crippen LogP contribution < -0.4 is 10.6 Å². The zero-order chi connectivity index (χ0) is 22.1. The fourth-order valence-electron chi connectivity index (χ4n) is 3.62. The number of anilines is 2. The number of aliphatic hydroxyl groups excluding tert-OH is 1. The van der Waals surface area contributed by atoms with Gasteiger partial charge in [-0.2, -0.15) is 0 Å². The van der Waals surface area contributed by atoms with Crippen LogP contribution in [-0.4, -0.2) is 57.6 Å². The average Bonchev–Trinajstić information content (AvgIpc) is 3.28. The Morgan fingerprint density at radius 2 is 1.94 bits per heavy atom. The lowest BCUT2D eigenvalue weighted by Gasteiger charge is -2.28. The number of hydrogen-bond acceptors (Lipinski definition) is 10. The predicted octanol–water partition coefficient (Wildman–Crippen LogP) is 3.37. The van der Waals surface area contributed by atoms with E-state index >= 15 is 0 Å². The minimum Gasteiger partial charge on any atom is -0.383 e. The molecule has 3 aromatic heterocycles. The third kappa shape index (κ3) is 4.14. The third-order valence-corrected chi connectivity index (χ3v) is 7.19. The number of aliphatic hydroxyl groups is 1. The quantitative estimate of drug-likeness (QED) is 0.428. The molecule has 4 aromatic rings. The van der Waals surface area contributed by atoms with Gasteiger partial charge in [0.05, 0.1) is 29.0 Å². The van der Waals surface area contributed by atoms with Gasteiger partial charge in [-0.1, -0.05) is 12.1 Å². The number of fused-ring (bicyclic) bond motifs is 1. The summed E-state index contributed by atoms with van der Waals surface area (Å²) in [6.07, 6.45) is 4.55. The number of hydrogen-bond donors (Lipinski definition) is 2. The number of aromatic nitrogens is 4. The molecule has 4 heterocycles. The van der Waals surface area contributed by atoms with Crippen LogP contribution >= 0.6 is 23.1 Å². The van der Waals surface area contributed by atoms with Crippen LogP contribution in [0.15, 0.2) is 47.6 Å². The molecule has 32 heavy (non-hydrogen) atoms. The average molecular weight is 467 g/mol. The second-order valence-corrected chi connectivity index (χ2v) is 9.31. The number of nitrogen functional groups attached to an aromatic ring is 1. The highest BCUT2D eigenvalue weighted by molar-refractivity contribution is 7.98. The SMILES string of the molecule is CSc1cccc(C(O)c2cc3nc(-c4cnc(N)nc4)nc(N4CCOCC4)c3s2)c1. The van der Waals surface area contributed by atoms with Crippen LogP contribution in [0.2, 0.25) is 0 Å². The molecule has 0 radical (unpaired) electrons. The first-order chi connectivity index (χ1) is 15.6. The Kier molecular flexibility index (Phi) is 5.92. The summed E-state index contributed by atoms with van der Waals surface area (Å²) >= 11 is 3.18. The Hall–Kier alpha value is -2.79. The second kappa shape index (κ2) is 8.99. The van der Waals surface area contributed by atoms with Crippen molar-refractivity contribution >= 4 is 45.1 Å². The number of nitrogens with two attached hydrogens (primary N) is 1. The minimum atomic E-state index is -0.734. The Morgan fingerprint density at radius 1 is 1.16 bits per heavy atom. The molecular formula is C22H22N6O2S2. The van der Waals surface area contributed by atoms with Crippen LogP contribution in [0.3, 0.4) is 0 Å². The number of rotatable bonds is 5. The van der Waals surface area contributed by atoms with Gasteiger partial charge in [0.25, 0.3) is 0 Å². The van der Waals surface area contributed by atoms with Crippen LogP contribution in [0.4, 0.5) is 11.8 Å². The molecule has 1 saturated heterocycles. The molecule has 10 heteroatoms. The summed E-state index contributed by atoms with van der Waals surface area (Å²) in [6, 6.07) is 9.92. The van der Waals surface area contributed by atoms with Crippen LogP contribution in [0.25, 0.3) is 21.6 Å². The third-order valence-electron chi connectivity index (χ3n) is 5.29. The van der Waals surface area contributed by atoms with Crippen molar-refractivity contribution in [1.82, 2.24) is 19.9 Å². The Morgan fingerprint density at radius 3 is 2.69 bits per heavy atom. The van der Waals surface area contributed by atoms with Crippen LogP contribution in [0.1, 0.15) is 16.5 Å². The molecule has 0 saturated carbocycles. The van der Waals surface area contributed by atoms with Crippen molar-refractivity contribution in [3.05, 3.63) is 53.2 Å². The molecular weight excluding hydrogens is 444 g/mol. The van der Waals surface area contributed by atoms with Crippen molar-refractivity contribution in [3.63, 3.8) is 0 Å². The second-order valence-electron chi connectivity index (χ2n) is 7.34. The zero-order valence-electron chi connectivity index (χ0n) is 17.4. The minimum absolute atomic E-state index is 0.205. The van der Waals surface area contributed by atoms with E-state index < -0.39 is 6.10 Å². The Bertz CT molecular complexity index is 1240. The van der Waals surface area contributed by atoms with Crippen molar-refractivity contribution in [2.24, 2.45) is 0 Å². The van der Waals surface area contributed by atoms with Gasteiger partial charge in [-0.15, -0.1) is 23.1 Å². The van der Waals surface area contributed by atoms with Gasteiger partial charge in [0, 0.05) is 35.3 Å². The molecule has 5 rings (SSSR count). The van der Waals surface area contributed by atoms with E-state index in [0.717, 1.165) is 44.5 Å². The molecule has 0 aliphatic carbocycles. The smallest absolute Gasteiger partial charge is 0.219 e. The number of thioether (sulfide) groups is 1. The molecule has 1 atom stereocenters. The van der Waals surface area contributed by atoms with Crippen molar-refractivity contribution in [2.45, 2.75) is 11.0 Å². The van der Waals surface area contributed by atoms with E-state index in [4.69, 9.17) is 20.4 Å². The van der Waals surface area contributed by atoms with Gasteiger partial charge in [-0.3, -0.25) is 0 Å². The highest BCUT2D eigenvalue weighted by Crippen LogP contribution is 2.38. The maximum absolute atomic E-state index is 11.1. The van der Waals surface area contributed by atoms with Crippen LogP contribution in [0.5, 0.6) is 0 Å². The van der Waals surface area contributed by atoms with Gasteiger partial charge in [-0.25, -0.2) is 19.9 Å². The van der Waals surface area contributed by atoms with Crippen molar-refractivity contribution < 1.29 is 9.84 Å². The fraction of sp³-hybridized carbons (Fsp3) is 0.273. The van der Waals surface area contributed by atoms with E-state index in [-0.39, 0.29) is 5.95 Å². The van der Waals surface area contributed by atoms with Crippen molar-refractivity contribution in [1.29, 1.82) is 0 Å². The van der Waals surface area contributed by atoms with Gasteiger partial charge in [0.2, 0.25) is 5.95 Å². The zero-order valence-corrected chi connectivity index (χ0v) is 19.1. The van der Waals surface area contributed by atoms with Gasteiger partial charge < -0.3 is 20.5 Å². The highest BCUT2D eigenvalue weighted by atomic mass is 32.2. The molecule has 1 unspecified atom stereocenters. The predicted molar refractivity (Wildman–Crippen MR) is 128 cm³/mol. The molecule has 1 aliphatic rings. The maximum atomic E-state index is 11.1. The lowest BCUT2D eigenvalue weighted by molar-refractivity contribution is 0.122. The summed E-state index contributed by atoms with van der Waals surface area (Å²) in [5.74, 6) is 1.57. The summed E-state index contributed by atoms with van der Waals surface area (Å²) in [4.78, 5) is 21.9. The van der Waals surface area contributed by atoms with Gasteiger partial charge in [0.1, 0.15) is 6.10 Å². The van der Waals surface area contributed by atoms with E-state index in [9.17, 15) is 5.11 Å². The van der Waals surface area contributed by atoms with Crippen LogP contribution in [-0.2, 0) is 4.74 Å². The van der Waals surface area contributed by atoms with E-state index in [1.165, 1.54) is 11.3 Å². The summed E-state index contributed by atoms with van der Waals surface area (Å²) in [5.41, 5.74) is 7.98. The molecule has 1 fully saturated rings. The standard InChI is InChI=1S/C22H22N6O2S2/c1-31-15-4-2-3-13(9-15)18(29)17-10-16-19(32-17)21(28-5-7-30-8-6-28)27-20(26-16)14-11-24-22(23)25-12-14/h2-4,9-12,18,29H,5-8H2,1H3,(H2,23,24,25). The first-order valence-corrected chi connectivity index (χ1v) is 12.2. The normalized spacial score (nSPS) is 15.2. The summed E-state index contributed by atoms with van der Waals surface area (Å²) in [6.45, 7) is 2.78. The molecule has 1 aliphatic heterocycles. The van der Waals surface area contributed by atoms with Gasteiger partial charge in [-0.05, 0) is 30.0 Å². The van der Waals surface area contributed by atoms with Crippen LogP contribution in [0, 0.1) is 0 Å². The molecule has 164 valence electrons. The van der Waals surface area contributed by atoms with E-state index in [1.807, 2.05) is 36.6 Å². The summed E-state index contributed by atoms with van der Waals surface area (Å²) < 4.78 is 6.47. The van der Waals surface area contributed by atoms with Crippen molar-refractivity contribution in [2.75, 3.05) is 43.2 Å². The number of ether oxygens (including phenoxy) is 1. The van der Waals surface area contributed by atoms with Crippen molar-refractivity contribution in [3.8, 4) is 11.4 Å². The van der Waals surface area contributed by atoms with E-state index in [2.05, 4.69) is 14.9 Å². The number of thiophene rings is 1. The number of morpholine rings is 1. The largest absolute Gasteiger partial charge is 0.383 e. The molecule has 8 nitrogen and oxygen atoms in total. The summed E-state index contributed by atoms with van der Waals surface area (Å²) in [5, 5.41) is 11.1. The highest BCUT2D eigenvalue weighted by Gasteiger charge is 2.22. The van der Waals surface area contributed by atoms with Gasteiger partial charge in [0.15, 0.2) is 11.6 Å². The monoisotopic (exact) mass is 466 g/mol. The van der Waals surface area contributed by atoms with E-state index in [1.54, 1.807) is 24.2 Å². The number of benzene rings is 1.